The van der Waals surface area contributed by atoms with E-state index in [0.717, 1.165) is 16.7 Å². The summed E-state index contributed by atoms with van der Waals surface area (Å²) in [5.41, 5.74) is 5.32. The van der Waals surface area contributed by atoms with E-state index in [4.69, 9.17) is 25.8 Å². The highest BCUT2D eigenvalue weighted by atomic mass is 35.5. The second kappa shape index (κ2) is 8.73. The van der Waals surface area contributed by atoms with Gasteiger partial charge in [-0.15, -0.1) is 0 Å². The molecule has 35 heavy (non-hydrogen) atoms. The highest BCUT2D eigenvalue weighted by Crippen LogP contribution is 2.33. The van der Waals surface area contributed by atoms with Gasteiger partial charge in [0.2, 0.25) is 0 Å². The lowest BCUT2D eigenvalue weighted by Crippen LogP contribution is -2.34. The van der Waals surface area contributed by atoms with Crippen LogP contribution in [0.5, 0.6) is 6.01 Å². The first-order valence-corrected chi connectivity index (χ1v) is 11.7. The molecule has 2 aromatic heterocycles. The summed E-state index contributed by atoms with van der Waals surface area (Å²) in [5, 5.41) is 10.4. The van der Waals surface area contributed by atoms with Gasteiger partial charge in [0.25, 0.3) is 6.01 Å². The molecular formula is C26H22ClN3O5. The van der Waals surface area contributed by atoms with E-state index in [-0.39, 0.29) is 30.7 Å². The van der Waals surface area contributed by atoms with Crippen molar-refractivity contribution in [2.24, 2.45) is 0 Å². The molecule has 6 rings (SSSR count). The molecule has 4 atom stereocenters. The van der Waals surface area contributed by atoms with Crippen LogP contribution in [0.3, 0.4) is 0 Å². The van der Waals surface area contributed by atoms with Gasteiger partial charge in [-0.3, -0.25) is 4.79 Å². The van der Waals surface area contributed by atoms with Crippen LogP contribution in [-0.2, 0) is 9.47 Å². The molecule has 0 amide bonds. The Balaban J connectivity index is 1.23. The number of hydrogen-bond donors (Lipinski definition) is 2. The smallest absolute Gasteiger partial charge is 0.296 e. The zero-order valence-corrected chi connectivity index (χ0v) is 19.5. The molecule has 178 valence electrons. The maximum absolute atomic E-state index is 11.5. The number of ketones is 1. The molecule has 0 saturated carbocycles. The van der Waals surface area contributed by atoms with Crippen LogP contribution in [0.2, 0.25) is 5.02 Å². The molecule has 0 aliphatic carbocycles. The molecule has 2 N–H and O–H groups in total. The van der Waals surface area contributed by atoms with Crippen molar-refractivity contribution >= 4 is 28.5 Å². The number of fused-ring (bicyclic) bond motifs is 2. The van der Waals surface area contributed by atoms with Crippen molar-refractivity contribution in [3.05, 3.63) is 65.2 Å². The third-order valence-electron chi connectivity index (χ3n) is 6.43. The number of halogens is 1. The molecule has 0 radical (unpaired) electrons. The number of benzene rings is 2. The predicted octanol–water partition coefficient (Wildman–Crippen LogP) is 4.05. The second-order valence-corrected chi connectivity index (χ2v) is 9.17. The van der Waals surface area contributed by atoms with Gasteiger partial charge in [0.05, 0.1) is 29.4 Å². The van der Waals surface area contributed by atoms with E-state index in [1.54, 1.807) is 13.0 Å². The molecule has 2 aromatic carbocycles. The van der Waals surface area contributed by atoms with Crippen molar-refractivity contribution in [2.75, 3.05) is 13.2 Å². The molecule has 0 bridgehead atoms. The number of pyridine rings is 1. The Morgan fingerprint density at radius 2 is 1.66 bits per heavy atom. The summed E-state index contributed by atoms with van der Waals surface area (Å²) in [4.78, 5) is 23.7. The van der Waals surface area contributed by atoms with Crippen molar-refractivity contribution < 1.29 is 24.1 Å². The zero-order valence-electron chi connectivity index (χ0n) is 18.8. The van der Waals surface area contributed by atoms with Gasteiger partial charge in [0.1, 0.15) is 18.3 Å². The number of hydrogen-bond acceptors (Lipinski definition) is 7. The molecule has 4 heterocycles. The number of nitrogens with one attached hydrogen (secondary N) is 1. The third-order valence-corrected chi connectivity index (χ3v) is 6.72. The molecule has 2 aliphatic heterocycles. The number of aromatic nitrogens is 3. The van der Waals surface area contributed by atoms with Gasteiger partial charge in [-0.25, -0.2) is 4.98 Å². The van der Waals surface area contributed by atoms with Crippen LogP contribution < -0.4 is 4.74 Å². The van der Waals surface area contributed by atoms with Gasteiger partial charge < -0.3 is 24.3 Å². The van der Waals surface area contributed by atoms with Gasteiger partial charge >= 0.3 is 0 Å². The molecule has 0 spiro atoms. The molecular weight excluding hydrogens is 470 g/mol. The highest BCUT2D eigenvalue weighted by molar-refractivity contribution is 6.33. The number of aliphatic hydroxyl groups is 1. The standard InChI is InChI=1S/C26H22ClN3O5/c1-13(31)14-2-4-15(5-3-14)16-6-8-17(9-7-16)22-18(27)10-19-25(29-22)30-26(28-19)35-21-12-34-23-20(32)11-33-24(21)23/h2-10,20-21,23-24,32H,11-12H2,1H3,(H,28,29,30)/t20-,21-,23?,24-/m1/s1. The van der Waals surface area contributed by atoms with E-state index in [9.17, 15) is 9.90 Å². The Morgan fingerprint density at radius 3 is 2.37 bits per heavy atom. The molecule has 2 fully saturated rings. The summed E-state index contributed by atoms with van der Waals surface area (Å²) in [6.07, 6.45) is -1.72. The average Bonchev–Trinajstić information content (AvgIpc) is 3.55. The monoisotopic (exact) mass is 491 g/mol. The molecule has 8 nitrogen and oxygen atoms in total. The van der Waals surface area contributed by atoms with Crippen LogP contribution in [0.4, 0.5) is 0 Å². The number of Topliss-reactive ketones (excluding diaryl/α,β-unsaturated/α-hetero) is 1. The number of nitrogens with zero attached hydrogens (tertiary/aromatic N) is 2. The lowest BCUT2D eigenvalue weighted by molar-refractivity contribution is 0.00706. The van der Waals surface area contributed by atoms with Crippen LogP contribution >= 0.6 is 11.6 Å². The summed E-state index contributed by atoms with van der Waals surface area (Å²) in [7, 11) is 0. The Morgan fingerprint density at radius 1 is 1.00 bits per heavy atom. The summed E-state index contributed by atoms with van der Waals surface area (Å²) < 4.78 is 17.2. The molecule has 2 saturated heterocycles. The largest absolute Gasteiger partial charge is 0.456 e. The lowest BCUT2D eigenvalue weighted by atomic mass is 10.0. The third kappa shape index (κ3) is 4.08. The fourth-order valence-corrected chi connectivity index (χ4v) is 4.82. The predicted molar refractivity (Wildman–Crippen MR) is 130 cm³/mol. The minimum atomic E-state index is -0.640. The SMILES string of the molecule is CC(=O)c1ccc(-c2ccc(-c3nc4nc(O[C@@H]5COC6[C@H](O)CO[C@@H]65)[nH]c4cc3Cl)cc2)cc1. The molecule has 2 aliphatic rings. The van der Waals surface area contributed by atoms with Crippen molar-refractivity contribution in [2.45, 2.75) is 31.3 Å². The normalized spacial score (nSPS) is 23.5. The second-order valence-electron chi connectivity index (χ2n) is 8.76. The summed E-state index contributed by atoms with van der Waals surface area (Å²) in [6, 6.07) is 17.5. The number of rotatable bonds is 5. The minimum Gasteiger partial charge on any atom is -0.456 e. The Kier molecular flexibility index (Phi) is 5.53. The van der Waals surface area contributed by atoms with E-state index in [1.807, 2.05) is 48.5 Å². The van der Waals surface area contributed by atoms with Crippen molar-refractivity contribution in [3.63, 3.8) is 0 Å². The van der Waals surface area contributed by atoms with Crippen molar-refractivity contribution in [3.8, 4) is 28.4 Å². The Hall–Kier alpha value is -3.30. The van der Waals surface area contributed by atoms with Gasteiger partial charge in [0, 0.05) is 11.1 Å². The fraction of sp³-hybridized carbons (Fsp3) is 0.269. The fourth-order valence-electron chi connectivity index (χ4n) is 4.56. The van der Waals surface area contributed by atoms with Crippen LogP contribution in [0, 0.1) is 0 Å². The van der Waals surface area contributed by atoms with Crippen LogP contribution in [0.1, 0.15) is 17.3 Å². The minimum absolute atomic E-state index is 0.0429. The first kappa shape index (κ1) is 22.2. The number of H-pyrrole nitrogens is 1. The van der Waals surface area contributed by atoms with Crippen molar-refractivity contribution in [1.82, 2.24) is 15.0 Å². The van der Waals surface area contributed by atoms with Gasteiger partial charge in [0.15, 0.2) is 17.5 Å². The van der Waals surface area contributed by atoms with E-state index in [2.05, 4.69) is 15.0 Å². The van der Waals surface area contributed by atoms with E-state index in [0.29, 0.717) is 40.1 Å². The zero-order chi connectivity index (χ0) is 24.1. The van der Waals surface area contributed by atoms with E-state index >= 15 is 0 Å². The van der Waals surface area contributed by atoms with Crippen LogP contribution in [0.15, 0.2) is 54.6 Å². The lowest BCUT2D eigenvalue weighted by Gasteiger charge is -2.15. The number of carbonyl (C=O) groups excluding carboxylic acids is 1. The maximum atomic E-state index is 11.5. The van der Waals surface area contributed by atoms with Gasteiger partial charge in [-0.1, -0.05) is 60.1 Å². The van der Waals surface area contributed by atoms with E-state index < -0.39 is 6.10 Å². The number of imidazole rings is 1. The number of aromatic amines is 1. The first-order valence-electron chi connectivity index (χ1n) is 11.3. The summed E-state index contributed by atoms with van der Waals surface area (Å²) >= 11 is 6.56. The first-order chi connectivity index (χ1) is 17.0. The maximum Gasteiger partial charge on any atom is 0.296 e. The topological polar surface area (TPSA) is 107 Å². The van der Waals surface area contributed by atoms with Gasteiger partial charge in [-0.05, 0) is 24.1 Å². The number of ether oxygens (including phenoxy) is 3. The van der Waals surface area contributed by atoms with E-state index in [1.165, 1.54) is 0 Å². The number of aliphatic hydroxyl groups excluding tert-OH is 1. The summed E-state index contributed by atoms with van der Waals surface area (Å²) in [5.74, 6) is 0.0429. The van der Waals surface area contributed by atoms with Gasteiger partial charge in [-0.2, -0.15) is 4.98 Å². The van der Waals surface area contributed by atoms with Crippen LogP contribution in [0.25, 0.3) is 33.5 Å². The average molecular weight is 492 g/mol. The van der Waals surface area contributed by atoms with Crippen LogP contribution in [-0.4, -0.2) is 63.5 Å². The summed E-state index contributed by atoms with van der Waals surface area (Å²) in [6.45, 7) is 2.10. The Labute approximate surface area is 205 Å². The van der Waals surface area contributed by atoms with Crippen molar-refractivity contribution in [1.29, 1.82) is 0 Å². The molecule has 9 heteroatoms. The Bertz CT molecular complexity index is 1400. The quantitative estimate of drug-likeness (QED) is 0.405. The highest BCUT2D eigenvalue weighted by Gasteiger charge is 2.48. The molecule has 1 unspecified atom stereocenters. The molecule has 4 aromatic rings. The number of carbonyl (C=O) groups is 1.